The van der Waals surface area contributed by atoms with Gasteiger partial charge in [0.1, 0.15) is 5.75 Å². The van der Waals surface area contributed by atoms with Gasteiger partial charge in [0.15, 0.2) is 17.6 Å². The number of methoxy groups -OCH3 is 2. The van der Waals surface area contributed by atoms with Gasteiger partial charge in [0.05, 0.1) is 25.5 Å². The number of halogens is 2. The van der Waals surface area contributed by atoms with Gasteiger partial charge >= 0.3 is 0 Å². The lowest BCUT2D eigenvalue weighted by molar-refractivity contribution is -0.127. The van der Waals surface area contributed by atoms with Gasteiger partial charge in [-0.2, -0.15) is 5.10 Å². The summed E-state index contributed by atoms with van der Waals surface area (Å²) in [4.78, 5) is 12.1. The van der Waals surface area contributed by atoms with E-state index in [-0.39, 0.29) is 0 Å². The van der Waals surface area contributed by atoms with Crippen LogP contribution in [0.5, 0.6) is 17.2 Å². The van der Waals surface area contributed by atoms with Gasteiger partial charge in [0, 0.05) is 5.02 Å². The molecule has 0 spiro atoms. The minimum Gasteiger partial charge on any atom is -0.493 e. The SMILES string of the molecule is COc1ccc(C=NNC(=O)[C@H](C)Oc2ccc(Cl)cc2Cl)cc1OC. The number of hydrazone groups is 1. The van der Waals surface area contributed by atoms with E-state index in [1.807, 2.05) is 0 Å². The van der Waals surface area contributed by atoms with Crippen molar-refractivity contribution in [3.05, 3.63) is 52.0 Å². The number of nitrogens with zero attached hydrogens (tertiary/aromatic N) is 1. The molecule has 0 saturated carbocycles. The van der Waals surface area contributed by atoms with Gasteiger partial charge < -0.3 is 14.2 Å². The molecule has 0 saturated heterocycles. The fourth-order valence-electron chi connectivity index (χ4n) is 2.01. The lowest BCUT2D eigenvalue weighted by atomic mass is 10.2. The minimum absolute atomic E-state index is 0.325. The zero-order valence-corrected chi connectivity index (χ0v) is 16.0. The third kappa shape index (κ3) is 5.28. The minimum atomic E-state index is -0.795. The molecule has 0 aliphatic heterocycles. The second-order valence-electron chi connectivity index (χ2n) is 5.18. The first-order valence-electron chi connectivity index (χ1n) is 7.61. The standard InChI is InChI=1S/C18H18Cl2N2O4/c1-11(26-15-7-5-13(19)9-14(15)20)18(23)22-21-10-12-4-6-16(24-2)17(8-12)25-3/h4-11H,1-3H3,(H,22,23)/t11-/m0/s1. The molecule has 8 heteroatoms. The first-order chi connectivity index (χ1) is 12.4. The number of nitrogens with one attached hydrogen (secondary N) is 1. The summed E-state index contributed by atoms with van der Waals surface area (Å²) in [5, 5.41) is 4.73. The molecular weight excluding hydrogens is 379 g/mol. The Kier molecular flexibility index (Phi) is 7.12. The predicted molar refractivity (Wildman–Crippen MR) is 102 cm³/mol. The second-order valence-corrected chi connectivity index (χ2v) is 6.03. The quantitative estimate of drug-likeness (QED) is 0.568. The molecule has 2 aromatic rings. The Bertz CT molecular complexity index is 812. The average Bonchev–Trinajstić information content (AvgIpc) is 2.63. The maximum absolute atomic E-state index is 12.1. The number of carbonyl (C=O) groups is 1. The van der Waals surface area contributed by atoms with E-state index in [1.165, 1.54) is 12.3 Å². The molecule has 0 aliphatic rings. The van der Waals surface area contributed by atoms with E-state index < -0.39 is 12.0 Å². The van der Waals surface area contributed by atoms with Crippen molar-refractivity contribution in [3.63, 3.8) is 0 Å². The van der Waals surface area contributed by atoms with Crippen LogP contribution < -0.4 is 19.6 Å². The van der Waals surface area contributed by atoms with E-state index in [0.717, 1.165) is 5.56 Å². The lowest BCUT2D eigenvalue weighted by Crippen LogP contribution is -2.33. The van der Waals surface area contributed by atoms with Crippen molar-refractivity contribution in [2.24, 2.45) is 5.10 Å². The summed E-state index contributed by atoms with van der Waals surface area (Å²) in [7, 11) is 3.10. The number of benzene rings is 2. The van der Waals surface area contributed by atoms with Crippen molar-refractivity contribution in [1.82, 2.24) is 5.43 Å². The molecule has 26 heavy (non-hydrogen) atoms. The molecule has 0 heterocycles. The Morgan fingerprint density at radius 3 is 2.42 bits per heavy atom. The molecule has 6 nitrogen and oxygen atoms in total. The summed E-state index contributed by atoms with van der Waals surface area (Å²) < 4.78 is 15.9. The highest BCUT2D eigenvalue weighted by atomic mass is 35.5. The molecule has 1 atom stereocenters. The van der Waals surface area contributed by atoms with Crippen molar-refractivity contribution in [2.45, 2.75) is 13.0 Å². The molecule has 0 radical (unpaired) electrons. The van der Waals surface area contributed by atoms with Gasteiger partial charge in [0.2, 0.25) is 0 Å². The zero-order chi connectivity index (χ0) is 19.1. The van der Waals surface area contributed by atoms with Crippen LogP contribution >= 0.6 is 23.2 Å². The summed E-state index contributed by atoms with van der Waals surface area (Å²) in [6, 6.07) is 10.0. The van der Waals surface area contributed by atoms with Crippen LogP contribution in [-0.2, 0) is 4.79 Å². The fraction of sp³-hybridized carbons (Fsp3) is 0.222. The van der Waals surface area contributed by atoms with E-state index in [0.29, 0.717) is 27.3 Å². The van der Waals surface area contributed by atoms with Crippen molar-refractivity contribution >= 4 is 35.3 Å². The van der Waals surface area contributed by atoms with Crippen molar-refractivity contribution in [3.8, 4) is 17.2 Å². The lowest BCUT2D eigenvalue weighted by Gasteiger charge is -2.14. The highest BCUT2D eigenvalue weighted by molar-refractivity contribution is 6.35. The number of hydrogen-bond acceptors (Lipinski definition) is 5. The van der Waals surface area contributed by atoms with E-state index >= 15 is 0 Å². The van der Waals surface area contributed by atoms with Gasteiger partial charge in [-0.3, -0.25) is 4.79 Å². The normalized spacial score (nSPS) is 11.9. The topological polar surface area (TPSA) is 69.2 Å². The molecule has 1 amide bonds. The Balaban J connectivity index is 1.95. The maximum atomic E-state index is 12.1. The van der Waals surface area contributed by atoms with Crippen LogP contribution in [0.2, 0.25) is 10.0 Å². The number of carbonyl (C=O) groups excluding carboxylic acids is 1. The highest BCUT2D eigenvalue weighted by Crippen LogP contribution is 2.28. The van der Waals surface area contributed by atoms with E-state index in [9.17, 15) is 4.79 Å². The van der Waals surface area contributed by atoms with Crippen LogP contribution in [-0.4, -0.2) is 32.4 Å². The number of amides is 1. The fourth-order valence-corrected chi connectivity index (χ4v) is 2.46. The molecule has 2 rings (SSSR count). The molecule has 0 aromatic heterocycles. The predicted octanol–water partition coefficient (Wildman–Crippen LogP) is 3.93. The van der Waals surface area contributed by atoms with Crippen molar-refractivity contribution < 1.29 is 19.0 Å². The third-order valence-corrected chi connectivity index (χ3v) is 3.89. The molecule has 0 bridgehead atoms. The van der Waals surface area contributed by atoms with Crippen LogP contribution in [0.4, 0.5) is 0 Å². The highest BCUT2D eigenvalue weighted by Gasteiger charge is 2.15. The summed E-state index contributed by atoms with van der Waals surface area (Å²) in [5.41, 5.74) is 3.15. The van der Waals surface area contributed by atoms with Crippen LogP contribution in [0.1, 0.15) is 12.5 Å². The summed E-state index contributed by atoms with van der Waals surface area (Å²) in [6.45, 7) is 1.59. The number of ether oxygens (including phenoxy) is 3. The maximum Gasteiger partial charge on any atom is 0.280 e. The van der Waals surface area contributed by atoms with Gasteiger partial charge in [0.25, 0.3) is 5.91 Å². The molecule has 0 aliphatic carbocycles. The largest absolute Gasteiger partial charge is 0.493 e. The van der Waals surface area contributed by atoms with Crippen LogP contribution in [0.3, 0.4) is 0 Å². The zero-order valence-electron chi connectivity index (χ0n) is 14.5. The van der Waals surface area contributed by atoms with Gasteiger partial charge in [-0.25, -0.2) is 5.43 Å². The van der Waals surface area contributed by atoms with Crippen LogP contribution in [0.15, 0.2) is 41.5 Å². The Labute approximate surface area is 161 Å². The van der Waals surface area contributed by atoms with E-state index in [4.69, 9.17) is 37.4 Å². The van der Waals surface area contributed by atoms with Crippen molar-refractivity contribution in [1.29, 1.82) is 0 Å². The molecule has 0 unspecified atom stereocenters. The summed E-state index contributed by atoms with van der Waals surface area (Å²) >= 11 is 11.9. The van der Waals surface area contributed by atoms with E-state index in [2.05, 4.69) is 10.5 Å². The average molecular weight is 397 g/mol. The summed E-state index contributed by atoms with van der Waals surface area (Å²) in [6.07, 6.45) is 0.693. The Morgan fingerprint density at radius 1 is 1.08 bits per heavy atom. The second kappa shape index (κ2) is 9.31. The van der Waals surface area contributed by atoms with Crippen LogP contribution in [0.25, 0.3) is 0 Å². The molecular formula is C18H18Cl2N2O4. The molecule has 1 N–H and O–H groups in total. The number of hydrogen-bond donors (Lipinski definition) is 1. The Morgan fingerprint density at radius 2 is 1.77 bits per heavy atom. The van der Waals surface area contributed by atoms with Gasteiger partial charge in [-0.1, -0.05) is 23.2 Å². The molecule has 2 aromatic carbocycles. The number of rotatable bonds is 7. The summed E-state index contributed by atoms with van der Waals surface area (Å²) in [5.74, 6) is 1.11. The Hall–Kier alpha value is -2.44. The monoisotopic (exact) mass is 396 g/mol. The third-order valence-electron chi connectivity index (χ3n) is 3.36. The van der Waals surface area contributed by atoms with Gasteiger partial charge in [-0.05, 0) is 48.9 Å². The van der Waals surface area contributed by atoms with Gasteiger partial charge in [-0.15, -0.1) is 0 Å². The molecule has 138 valence electrons. The van der Waals surface area contributed by atoms with E-state index in [1.54, 1.807) is 51.5 Å². The van der Waals surface area contributed by atoms with Crippen LogP contribution in [0, 0.1) is 0 Å². The smallest absolute Gasteiger partial charge is 0.280 e. The van der Waals surface area contributed by atoms with Crippen molar-refractivity contribution in [2.75, 3.05) is 14.2 Å². The first kappa shape index (κ1) is 19.9. The molecule has 0 fully saturated rings. The first-order valence-corrected chi connectivity index (χ1v) is 8.37.